The highest BCUT2D eigenvalue weighted by Crippen LogP contribution is 2.14. The zero-order chi connectivity index (χ0) is 5.82. The molecule has 1 radical (unpaired) electrons. The maximum Gasteiger partial charge on any atom is 0.153 e. The Labute approximate surface area is 49.5 Å². The average Bonchev–Trinajstić information content (AvgIpc) is 2.19. The van der Waals surface area contributed by atoms with Crippen molar-refractivity contribution in [3.05, 3.63) is 7.11 Å². The highest BCUT2D eigenvalue weighted by Gasteiger charge is 2.07. The predicted octanol–water partition coefficient (Wildman–Crippen LogP) is 1.72. The number of rotatable bonds is 1. The van der Waals surface area contributed by atoms with Crippen molar-refractivity contribution in [2.45, 2.75) is 25.7 Å². The Morgan fingerprint density at radius 1 is 1.38 bits per heavy atom. The van der Waals surface area contributed by atoms with Crippen molar-refractivity contribution in [1.29, 1.82) is 0 Å². The van der Waals surface area contributed by atoms with Crippen LogP contribution in [0.4, 0.5) is 0 Å². The van der Waals surface area contributed by atoms with Crippen molar-refractivity contribution in [3.8, 4) is 0 Å². The summed E-state index contributed by atoms with van der Waals surface area (Å²) in [6.45, 7) is 0. The second kappa shape index (κ2) is 2.70. The molecule has 0 heterocycles. The minimum absolute atomic E-state index is 1.11. The van der Waals surface area contributed by atoms with E-state index in [1.54, 1.807) is 0 Å². The summed E-state index contributed by atoms with van der Waals surface area (Å²) in [6, 6.07) is 0. The molecule has 0 aromatic carbocycles. The second-order valence-electron chi connectivity index (χ2n) is 1.99. The van der Waals surface area contributed by atoms with Crippen LogP contribution in [0.3, 0.4) is 0 Å². The van der Waals surface area contributed by atoms with E-state index in [9.17, 15) is 0 Å². The highest BCUT2D eigenvalue weighted by atomic mass is 16.6. The lowest BCUT2D eigenvalue weighted by molar-refractivity contribution is 0.259. The quantitative estimate of drug-likeness (QED) is 0.473. The molecule has 0 amide bonds. The van der Waals surface area contributed by atoms with Gasteiger partial charge < -0.3 is 4.84 Å². The van der Waals surface area contributed by atoms with E-state index in [1.807, 2.05) is 0 Å². The van der Waals surface area contributed by atoms with Crippen molar-refractivity contribution < 1.29 is 4.84 Å². The predicted molar refractivity (Wildman–Crippen MR) is 32.3 cm³/mol. The zero-order valence-corrected chi connectivity index (χ0v) is 4.89. The van der Waals surface area contributed by atoms with Gasteiger partial charge in [-0.25, -0.2) is 0 Å². The van der Waals surface area contributed by atoms with Crippen molar-refractivity contribution in [2.75, 3.05) is 0 Å². The van der Waals surface area contributed by atoms with Gasteiger partial charge in [-0.05, 0) is 25.7 Å². The summed E-state index contributed by atoms with van der Waals surface area (Å²) in [7, 11) is 3.16. The van der Waals surface area contributed by atoms with Crippen LogP contribution in [0.1, 0.15) is 25.7 Å². The summed E-state index contributed by atoms with van der Waals surface area (Å²) in [4.78, 5) is 4.36. The highest BCUT2D eigenvalue weighted by molar-refractivity contribution is 5.85. The van der Waals surface area contributed by atoms with Gasteiger partial charge >= 0.3 is 0 Å². The molecule has 0 aromatic heterocycles. The van der Waals surface area contributed by atoms with Crippen LogP contribution in [0.2, 0.25) is 0 Å². The summed E-state index contributed by atoms with van der Waals surface area (Å²) in [6.07, 6.45) is 4.75. The summed E-state index contributed by atoms with van der Waals surface area (Å²) in [5.74, 6) is 0. The number of hydrogen-bond acceptors (Lipinski definition) is 2. The lowest BCUT2D eigenvalue weighted by Gasteiger charge is -1.89. The topological polar surface area (TPSA) is 21.6 Å². The molecule has 0 N–H and O–H groups in total. The fourth-order valence-electron chi connectivity index (χ4n) is 0.966. The molecular weight excluding hydrogens is 102 g/mol. The third-order valence-electron chi connectivity index (χ3n) is 1.37. The van der Waals surface area contributed by atoms with Crippen LogP contribution in [0.25, 0.3) is 0 Å². The molecule has 0 aromatic rings. The van der Waals surface area contributed by atoms with E-state index in [0.717, 1.165) is 12.8 Å². The molecule has 0 saturated heterocycles. The molecule has 1 saturated carbocycles. The van der Waals surface area contributed by atoms with Gasteiger partial charge in [-0.2, -0.15) is 0 Å². The van der Waals surface area contributed by atoms with Crippen LogP contribution in [0.15, 0.2) is 5.16 Å². The van der Waals surface area contributed by atoms with Gasteiger partial charge in [-0.15, -0.1) is 0 Å². The summed E-state index contributed by atoms with van der Waals surface area (Å²) in [5, 5.41) is 3.73. The van der Waals surface area contributed by atoms with Gasteiger partial charge in [0.1, 0.15) is 0 Å². The Hall–Kier alpha value is -0.530. The van der Waals surface area contributed by atoms with Gasteiger partial charge in [-0.3, -0.25) is 0 Å². The maximum absolute atomic E-state index is 4.36. The molecule has 0 unspecified atom stereocenters. The molecule has 0 bridgehead atoms. The molecule has 45 valence electrons. The van der Waals surface area contributed by atoms with Crippen LogP contribution in [0, 0.1) is 7.11 Å². The van der Waals surface area contributed by atoms with Crippen molar-refractivity contribution in [1.82, 2.24) is 0 Å². The van der Waals surface area contributed by atoms with Crippen molar-refractivity contribution in [3.63, 3.8) is 0 Å². The molecule has 8 heavy (non-hydrogen) atoms. The van der Waals surface area contributed by atoms with Crippen LogP contribution >= 0.6 is 0 Å². The molecule has 1 rings (SSSR count). The molecule has 1 aliphatic rings. The Kier molecular flexibility index (Phi) is 1.89. The standard InChI is InChI=1S/C6H10NO/c1-8-7-6-4-2-3-5-6/h1-5H2. The molecule has 1 fully saturated rings. The molecule has 0 spiro atoms. The van der Waals surface area contributed by atoms with E-state index >= 15 is 0 Å². The molecule has 0 atom stereocenters. The fourth-order valence-corrected chi connectivity index (χ4v) is 0.966. The molecule has 2 nitrogen and oxygen atoms in total. The van der Waals surface area contributed by atoms with E-state index in [1.165, 1.54) is 18.6 Å². The minimum Gasteiger partial charge on any atom is -0.392 e. The van der Waals surface area contributed by atoms with Gasteiger partial charge in [-0.1, -0.05) is 5.16 Å². The Bertz CT molecular complexity index is 90.7. The molecule has 1 aliphatic carbocycles. The van der Waals surface area contributed by atoms with E-state index in [-0.39, 0.29) is 0 Å². The monoisotopic (exact) mass is 112 g/mol. The minimum atomic E-state index is 1.11. The zero-order valence-electron chi connectivity index (χ0n) is 4.89. The van der Waals surface area contributed by atoms with E-state index < -0.39 is 0 Å². The third-order valence-corrected chi connectivity index (χ3v) is 1.37. The Morgan fingerprint density at radius 3 is 2.50 bits per heavy atom. The Balaban J connectivity index is 2.33. The van der Waals surface area contributed by atoms with Crippen LogP contribution in [-0.4, -0.2) is 5.71 Å². The van der Waals surface area contributed by atoms with Crippen LogP contribution in [-0.2, 0) is 4.84 Å². The van der Waals surface area contributed by atoms with Gasteiger partial charge in [0, 0.05) is 0 Å². The van der Waals surface area contributed by atoms with Gasteiger partial charge in [0.05, 0.1) is 5.71 Å². The van der Waals surface area contributed by atoms with Crippen LogP contribution < -0.4 is 0 Å². The first-order valence-corrected chi connectivity index (χ1v) is 2.90. The van der Waals surface area contributed by atoms with Gasteiger partial charge in [0.25, 0.3) is 0 Å². The lowest BCUT2D eigenvalue weighted by Crippen LogP contribution is -1.86. The maximum atomic E-state index is 4.36. The molecule has 0 aliphatic heterocycles. The number of nitrogens with zero attached hydrogens (tertiary/aromatic N) is 1. The normalized spacial score (nSPS) is 18.9. The van der Waals surface area contributed by atoms with Crippen molar-refractivity contribution >= 4 is 5.71 Å². The SMILES string of the molecule is [CH2]ON=C1CCCC1. The Morgan fingerprint density at radius 2 is 2.00 bits per heavy atom. The van der Waals surface area contributed by atoms with E-state index in [0.29, 0.717) is 0 Å². The number of hydrogen-bond donors (Lipinski definition) is 0. The second-order valence-corrected chi connectivity index (χ2v) is 1.99. The fraction of sp³-hybridized carbons (Fsp3) is 0.667. The van der Waals surface area contributed by atoms with Gasteiger partial charge in [0.15, 0.2) is 7.11 Å². The molecular formula is C6H10NO. The van der Waals surface area contributed by atoms with E-state index in [2.05, 4.69) is 17.1 Å². The summed E-state index contributed by atoms with van der Waals surface area (Å²) < 4.78 is 0. The van der Waals surface area contributed by atoms with E-state index in [4.69, 9.17) is 0 Å². The lowest BCUT2D eigenvalue weighted by atomic mass is 10.3. The summed E-state index contributed by atoms with van der Waals surface area (Å²) in [5.41, 5.74) is 1.17. The van der Waals surface area contributed by atoms with Crippen molar-refractivity contribution in [2.24, 2.45) is 5.16 Å². The number of oxime groups is 1. The smallest absolute Gasteiger partial charge is 0.153 e. The van der Waals surface area contributed by atoms with Gasteiger partial charge in [0.2, 0.25) is 0 Å². The first kappa shape index (κ1) is 5.60. The van der Waals surface area contributed by atoms with Crippen LogP contribution in [0.5, 0.6) is 0 Å². The first-order valence-electron chi connectivity index (χ1n) is 2.90. The average molecular weight is 112 g/mol. The largest absolute Gasteiger partial charge is 0.392 e. The first-order chi connectivity index (χ1) is 3.93. The third kappa shape index (κ3) is 1.22. The molecule has 2 heteroatoms. The summed E-state index contributed by atoms with van der Waals surface area (Å²) >= 11 is 0.